The standard InChI is InChI=1S/C9H17O3Si/c1-8(2)9(10)12-6-5-7-13(4)11-3/h1,5-7H2,2-4H3. The zero-order valence-corrected chi connectivity index (χ0v) is 9.55. The van der Waals surface area contributed by atoms with Crippen LogP contribution in [0.4, 0.5) is 0 Å². The van der Waals surface area contributed by atoms with E-state index < -0.39 is 9.04 Å². The molecule has 3 nitrogen and oxygen atoms in total. The molecule has 4 heteroatoms. The number of rotatable bonds is 6. The molecule has 0 spiro atoms. The van der Waals surface area contributed by atoms with Crippen LogP contribution in [-0.4, -0.2) is 28.7 Å². The molecule has 0 aliphatic carbocycles. The van der Waals surface area contributed by atoms with Gasteiger partial charge in [-0.15, -0.1) is 0 Å². The normalized spacial score (nSPS) is 10.2. The van der Waals surface area contributed by atoms with Crippen LogP contribution in [0.1, 0.15) is 13.3 Å². The van der Waals surface area contributed by atoms with Gasteiger partial charge in [0.15, 0.2) is 0 Å². The lowest BCUT2D eigenvalue weighted by atomic mass is 10.4. The Morgan fingerprint density at radius 3 is 2.62 bits per heavy atom. The Morgan fingerprint density at radius 1 is 1.54 bits per heavy atom. The molecule has 0 amide bonds. The zero-order valence-electron chi connectivity index (χ0n) is 8.55. The maximum absolute atomic E-state index is 10.9. The first-order valence-corrected chi connectivity index (χ1v) is 6.38. The van der Waals surface area contributed by atoms with Crippen LogP contribution in [-0.2, 0) is 14.0 Å². The monoisotopic (exact) mass is 201 g/mol. The van der Waals surface area contributed by atoms with Crippen molar-refractivity contribution < 1.29 is 14.0 Å². The minimum atomic E-state index is -0.660. The van der Waals surface area contributed by atoms with E-state index in [9.17, 15) is 4.79 Å². The molecule has 75 valence electrons. The highest BCUT2D eigenvalue weighted by Gasteiger charge is 2.05. The molecule has 0 atom stereocenters. The Kier molecular flexibility index (Phi) is 6.53. The van der Waals surface area contributed by atoms with Crippen molar-refractivity contribution in [1.82, 2.24) is 0 Å². The average Bonchev–Trinajstić information content (AvgIpc) is 2.11. The molecule has 0 aliphatic heterocycles. The maximum Gasteiger partial charge on any atom is 0.333 e. The van der Waals surface area contributed by atoms with Crippen molar-refractivity contribution in [1.29, 1.82) is 0 Å². The largest absolute Gasteiger partial charge is 0.462 e. The molecule has 0 N–H and O–H groups in total. The lowest BCUT2D eigenvalue weighted by Gasteiger charge is -2.06. The van der Waals surface area contributed by atoms with Gasteiger partial charge in [0.1, 0.15) is 0 Å². The molecule has 0 unspecified atom stereocenters. The second-order valence-electron chi connectivity index (χ2n) is 2.93. The van der Waals surface area contributed by atoms with Gasteiger partial charge in [-0.2, -0.15) is 0 Å². The third-order valence-electron chi connectivity index (χ3n) is 1.60. The number of carbonyl (C=O) groups excluding carboxylic acids is 1. The summed E-state index contributed by atoms with van der Waals surface area (Å²) in [6.07, 6.45) is 0.873. The highest BCUT2D eigenvalue weighted by molar-refractivity contribution is 6.50. The summed E-state index contributed by atoms with van der Waals surface area (Å²) in [5.41, 5.74) is 0.453. The summed E-state index contributed by atoms with van der Waals surface area (Å²) < 4.78 is 10.1. The van der Waals surface area contributed by atoms with Crippen molar-refractivity contribution in [2.24, 2.45) is 0 Å². The summed E-state index contributed by atoms with van der Waals surface area (Å²) >= 11 is 0. The van der Waals surface area contributed by atoms with E-state index in [0.717, 1.165) is 12.5 Å². The van der Waals surface area contributed by atoms with Crippen LogP contribution in [0.3, 0.4) is 0 Å². The van der Waals surface area contributed by atoms with Gasteiger partial charge in [-0.05, 0) is 25.9 Å². The SMILES string of the molecule is C=C(C)C(=O)OCCC[Si](C)OC. The minimum absolute atomic E-state index is 0.303. The fraction of sp³-hybridized carbons (Fsp3) is 0.667. The van der Waals surface area contributed by atoms with Crippen molar-refractivity contribution in [3.63, 3.8) is 0 Å². The summed E-state index contributed by atoms with van der Waals surface area (Å²) in [6.45, 7) is 7.70. The van der Waals surface area contributed by atoms with Gasteiger partial charge in [-0.25, -0.2) is 4.79 Å². The molecule has 13 heavy (non-hydrogen) atoms. The van der Waals surface area contributed by atoms with Gasteiger partial charge >= 0.3 is 5.97 Å². The van der Waals surface area contributed by atoms with E-state index in [0.29, 0.717) is 12.2 Å². The second-order valence-corrected chi connectivity index (χ2v) is 5.24. The van der Waals surface area contributed by atoms with Crippen molar-refractivity contribution in [3.8, 4) is 0 Å². The van der Waals surface area contributed by atoms with E-state index in [1.165, 1.54) is 0 Å². The predicted molar refractivity (Wildman–Crippen MR) is 53.8 cm³/mol. The summed E-state index contributed by atoms with van der Waals surface area (Å²) in [7, 11) is 1.06. The Hall–Kier alpha value is -0.613. The van der Waals surface area contributed by atoms with Crippen molar-refractivity contribution >= 4 is 15.0 Å². The fourth-order valence-corrected chi connectivity index (χ4v) is 1.56. The van der Waals surface area contributed by atoms with Gasteiger partial charge in [0.25, 0.3) is 0 Å². The summed E-state index contributed by atoms with van der Waals surface area (Å²) in [5, 5.41) is 0. The van der Waals surface area contributed by atoms with Crippen LogP contribution >= 0.6 is 0 Å². The second kappa shape index (κ2) is 6.86. The number of ether oxygens (including phenoxy) is 1. The molecular formula is C9H17O3Si. The van der Waals surface area contributed by atoms with Gasteiger partial charge in [-0.1, -0.05) is 6.58 Å². The van der Waals surface area contributed by atoms with E-state index in [4.69, 9.17) is 9.16 Å². The number of hydrogen-bond donors (Lipinski definition) is 0. The summed E-state index contributed by atoms with van der Waals surface area (Å²) in [5.74, 6) is -0.303. The molecule has 0 saturated heterocycles. The van der Waals surface area contributed by atoms with Crippen LogP contribution < -0.4 is 0 Å². The first kappa shape index (κ1) is 12.4. The third-order valence-corrected chi connectivity index (χ3v) is 3.36. The molecule has 0 aromatic heterocycles. The Bertz CT molecular complexity index is 180. The molecule has 0 rings (SSSR count). The lowest BCUT2D eigenvalue weighted by Crippen LogP contribution is -2.12. The van der Waals surface area contributed by atoms with Crippen LogP contribution in [0, 0.1) is 0 Å². The van der Waals surface area contributed by atoms with Crippen LogP contribution in [0.15, 0.2) is 12.2 Å². The number of hydrogen-bond acceptors (Lipinski definition) is 3. The van der Waals surface area contributed by atoms with Crippen molar-refractivity contribution in [2.75, 3.05) is 13.7 Å². The van der Waals surface area contributed by atoms with E-state index in [-0.39, 0.29) is 5.97 Å². The molecular weight excluding hydrogens is 184 g/mol. The quantitative estimate of drug-likeness (QED) is 0.284. The fourth-order valence-electron chi connectivity index (χ4n) is 0.711. The predicted octanol–water partition coefficient (Wildman–Crippen LogP) is 1.76. The summed E-state index contributed by atoms with van der Waals surface area (Å²) in [6, 6.07) is 1.00. The smallest absolute Gasteiger partial charge is 0.333 e. The molecule has 0 fully saturated rings. The molecule has 0 aromatic rings. The molecule has 0 heterocycles. The number of carbonyl (C=O) groups is 1. The molecule has 1 radical (unpaired) electrons. The Balaban J connectivity index is 3.36. The van der Waals surface area contributed by atoms with Crippen LogP contribution in [0.2, 0.25) is 12.6 Å². The topological polar surface area (TPSA) is 35.5 Å². The molecule has 0 aromatic carbocycles. The van der Waals surface area contributed by atoms with Gasteiger partial charge in [0, 0.05) is 12.7 Å². The van der Waals surface area contributed by atoms with Crippen LogP contribution in [0.25, 0.3) is 0 Å². The summed E-state index contributed by atoms with van der Waals surface area (Å²) in [4.78, 5) is 10.9. The highest BCUT2D eigenvalue weighted by atomic mass is 28.3. The van der Waals surface area contributed by atoms with Crippen LogP contribution in [0.5, 0.6) is 0 Å². The lowest BCUT2D eigenvalue weighted by molar-refractivity contribution is -0.138. The highest BCUT2D eigenvalue weighted by Crippen LogP contribution is 2.00. The molecule has 0 bridgehead atoms. The van der Waals surface area contributed by atoms with E-state index in [2.05, 4.69) is 13.1 Å². The minimum Gasteiger partial charge on any atom is -0.462 e. The third kappa shape index (κ3) is 6.54. The van der Waals surface area contributed by atoms with Gasteiger partial charge in [0.2, 0.25) is 9.04 Å². The Labute approximate surface area is 81.5 Å². The maximum atomic E-state index is 10.9. The molecule has 0 aliphatic rings. The molecule has 0 saturated carbocycles. The van der Waals surface area contributed by atoms with Gasteiger partial charge < -0.3 is 9.16 Å². The van der Waals surface area contributed by atoms with E-state index in [1.807, 2.05) is 0 Å². The first-order valence-electron chi connectivity index (χ1n) is 4.27. The number of esters is 1. The van der Waals surface area contributed by atoms with E-state index in [1.54, 1.807) is 14.0 Å². The average molecular weight is 201 g/mol. The van der Waals surface area contributed by atoms with Crippen molar-refractivity contribution in [3.05, 3.63) is 12.2 Å². The zero-order chi connectivity index (χ0) is 10.3. The van der Waals surface area contributed by atoms with Crippen molar-refractivity contribution in [2.45, 2.75) is 25.9 Å². The van der Waals surface area contributed by atoms with E-state index >= 15 is 0 Å². The Morgan fingerprint density at radius 2 is 2.15 bits per heavy atom. The first-order chi connectivity index (χ1) is 6.07. The van der Waals surface area contributed by atoms with Gasteiger partial charge in [-0.3, -0.25) is 0 Å². The van der Waals surface area contributed by atoms with Gasteiger partial charge in [0.05, 0.1) is 6.61 Å².